The zero-order valence-corrected chi connectivity index (χ0v) is 12.8. The molecule has 0 saturated carbocycles. The van der Waals surface area contributed by atoms with Gasteiger partial charge in [0, 0.05) is 17.8 Å². The van der Waals surface area contributed by atoms with Gasteiger partial charge >= 0.3 is 5.97 Å². The molecule has 1 atom stereocenters. The lowest BCUT2D eigenvalue weighted by Crippen LogP contribution is -2.17. The van der Waals surface area contributed by atoms with Crippen LogP contribution in [0.5, 0.6) is 0 Å². The third-order valence-corrected chi connectivity index (χ3v) is 4.03. The first-order valence-corrected chi connectivity index (χ1v) is 7.37. The van der Waals surface area contributed by atoms with E-state index in [-0.39, 0.29) is 17.4 Å². The number of aromatic nitrogens is 2. The molecule has 2 rings (SSSR count). The molecule has 21 heavy (non-hydrogen) atoms. The summed E-state index contributed by atoms with van der Waals surface area (Å²) in [6.07, 6.45) is 1.63. The lowest BCUT2D eigenvalue weighted by Gasteiger charge is -2.18. The van der Waals surface area contributed by atoms with E-state index < -0.39 is 5.97 Å². The van der Waals surface area contributed by atoms with Gasteiger partial charge in [0.1, 0.15) is 11.5 Å². The number of nitrogens with zero attached hydrogens (tertiary/aromatic N) is 2. The average molecular weight is 308 g/mol. The molecule has 1 N–H and O–H groups in total. The SMILES string of the molecule is Cc1cc(C(C)n2ccc(=O)nc2SCC(=O)O)c(C)o1. The minimum absolute atomic E-state index is 0.105. The fourth-order valence-electron chi connectivity index (χ4n) is 2.14. The Morgan fingerprint density at radius 2 is 2.24 bits per heavy atom. The molecule has 0 saturated heterocycles. The monoisotopic (exact) mass is 308 g/mol. The Morgan fingerprint density at radius 3 is 2.81 bits per heavy atom. The van der Waals surface area contributed by atoms with E-state index in [0.717, 1.165) is 28.8 Å². The van der Waals surface area contributed by atoms with Crippen molar-refractivity contribution in [3.63, 3.8) is 0 Å². The molecule has 0 aromatic carbocycles. The lowest BCUT2D eigenvalue weighted by atomic mass is 10.1. The van der Waals surface area contributed by atoms with Gasteiger partial charge in [0.05, 0.1) is 11.8 Å². The fraction of sp³-hybridized carbons (Fsp3) is 0.357. The molecule has 1 unspecified atom stereocenters. The van der Waals surface area contributed by atoms with Crippen LogP contribution >= 0.6 is 11.8 Å². The highest BCUT2D eigenvalue weighted by molar-refractivity contribution is 7.99. The molecule has 0 aliphatic heterocycles. The molecule has 0 aliphatic carbocycles. The molecule has 2 aromatic heterocycles. The first-order chi connectivity index (χ1) is 9.88. The molecule has 0 aliphatic rings. The van der Waals surface area contributed by atoms with Crippen molar-refractivity contribution in [2.24, 2.45) is 0 Å². The standard InChI is InChI=1S/C14H16N2O4S/c1-8-6-11(10(3)20-8)9(2)16-5-4-12(17)15-14(16)21-7-13(18)19/h4-6,9H,7H2,1-3H3,(H,18,19). The molecule has 2 heterocycles. The zero-order chi connectivity index (χ0) is 15.6. The van der Waals surface area contributed by atoms with Crippen LogP contribution in [0.2, 0.25) is 0 Å². The Balaban J connectivity index is 2.40. The van der Waals surface area contributed by atoms with E-state index >= 15 is 0 Å². The molecule has 0 fully saturated rings. The highest BCUT2D eigenvalue weighted by Crippen LogP contribution is 2.27. The van der Waals surface area contributed by atoms with Crippen molar-refractivity contribution in [2.75, 3.05) is 5.75 Å². The van der Waals surface area contributed by atoms with Crippen LogP contribution in [0.4, 0.5) is 0 Å². The second kappa shape index (κ2) is 6.17. The maximum Gasteiger partial charge on any atom is 0.313 e. The highest BCUT2D eigenvalue weighted by atomic mass is 32.2. The van der Waals surface area contributed by atoms with Crippen LogP contribution in [0.25, 0.3) is 0 Å². The number of carboxylic acid groups (broad SMARTS) is 1. The Hall–Kier alpha value is -2.02. The summed E-state index contributed by atoms with van der Waals surface area (Å²) in [7, 11) is 0. The third-order valence-electron chi connectivity index (χ3n) is 3.08. The van der Waals surface area contributed by atoms with Crippen molar-refractivity contribution in [2.45, 2.75) is 32.0 Å². The molecule has 7 heteroatoms. The highest BCUT2D eigenvalue weighted by Gasteiger charge is 2.17. The van der Waals surface area contributed by atoms with Crippen LogP contribution in [0.3, 0.4) is 0 Å². The predicted octanol–water partition coefficient (Wildman–Crippen LogP) is 2.24. The van der Waals surface area contributed by atoms with Gasteiger partial charge in [0.25, 0.3) is 5.56 Å². The summed E-state index contributed by atoms with van der Waals surface area (Å²) in [6.45, 7) is 5.69. The van der Waals surface area contributed by atoms with Crippen LogP contribution in [0, 0.1) is 13.8 Å². The molecule has 0 radical (unpaired) electrons. The summed E-state index contributed by atoms with van der Waals surface area (Å²) in [5.74, 6) is 0.510. The summed E-state index contributed by atoms with van der Waals surface area (Å²) in [5, 5.41) is 9.17. The maximum absolute atomic E-state index is 11.4. The van der Waals surface area contributed by atoms with Crippen molar-refractivity contribution < 1.29 is 14.3 Å². The van der Waals surface area contributed by atoms with Gasteiger partial charge in [-0.3, -0.25) is 9.59 Å². The molecule has 0 amide bonds. The number of hydrogen-bond donors (Lipinski definition) is 1. The quantitative estimate of drug-likeness (QED) is 0.673. The first kappa shape index (κ1) is 15.4. The van der Waals surface area contributed by atoms with E-state index in [1.54, 1.807) is 10.8 Å². The summed E-state index contributed by atoms with van der Waals surface area (Å²) >= 11 is 1.03. The van der Waals surface area contributed by atoms with Gasteiger partial charge in [0.2, 0.25) is 0 Å². The number of aryl methyl sites for hydroxylation is 2. The van der Waals surface area contributed by atoms with Gasteiger partial charge in [-0.1, -0.05) is 11.8 Å². The van der Waals surface area contributed by atoms with Crippen LogP contribution in [0.1, 0.15) is 30.0 Å². The largest absolute Gasteiger partial charge is 0.481 e. The number of carbonyl (C=O) groups is 1. The number of aliphatic carboxylic acids is 1. The molecule has 0 bridgehead atoms. The minimum Gasteiger partial charge on any atom is -0.481 e. The van der Waals surface area contributed by atoms with E-state index in [2.05, 4.69) is 4.98 Å². The van der Waals surface area contributed by atoms with Crippen LogP contribution in [0.15, 0.2) is 32.7 Å². The predicted molar refractivity (Wildman–Crippen MR) is 78.9 cm³/mol. The van der Waals surface area contributed by atoms with Crippen molar-refractivity contribution >= 4 is 17.7 Å². The van der Waals surface area contributed by atoms with E-state index in [4.69, 9.17) is 9.52 Å². The van der Waals surface area contributed by atoms with E-state index in [1.807, 2.05) is 26.8 Å². The molecule has 0 spiro atoms. The normalized spacial score (nSPS) is 12.3. The number of furan rings is 1. The van der Waals surface area contributed by atoms with Crippen molar-refractivity contribution in [1.29, 1.82) is 0 Å². The zero-order valence-electron chi connectivity index (χ0n) is 12.0. The average Bonchev–Trinajstić information content (AvgIpc) is 2.74. The maximum atomic E-state index is 11.4. The Kier molecular flexibility index (Phi) is 4.52. The number of rotatable bonds is 5. The number of carboxylic acids is 1. The Labute approximate surface area is 125 Å². The summed E-state index contributed by atoms with van der Waals surface area (Å²) < 4.78 is 7.31. The lowest BCUT2D eigenvalue weighted by molar-refractivity contribution is -0.133. The van der Waals surface area contributed by atoms with Crippen LogP contribution in [-0.4, -0.2) is 26.4 Å². The molecule has 2 aromatic rings. The van der Waals surface area contributed by atoms with E-state index in [0.29, 0.717) is 5.16 Å². The van der Waals surface area contributed by atoms with Crippen molar-refractivity contribution in [3.05, 3.63) is 45.8 Å². The van der Waals surface area contributed by atoms with Gasteiger partial charge in [-0.2, -0.15) is 4.98 Å². The number of hydrogen-bond acceptors (Lipinski definition) is 5. The van der Waals surface area contributed by atoms with Gasteiger partial charge in [-0.15, -0.1) is 0 Å². The molecule has 6 nitrogen and oxygen atoms in total. The van der Waals surface area contributed by atoms with Gasteiger partial charge < -0.3 is 14.1 Å². The van der Waals surface area contributed by atoms with Crippen molar-refractivity contribution in [3.8, 4) is 0 Å². The summed E-state index contributed by atoms with van der Waals surface area (Å²) in [4.78, 5) is 26.0. The topological polar surface area (TPSA) is 85.3 Å². The van der Waals surface area contributed by atoms with E-state index in [9.17, 15) is 9.59 Å². The second-order valence-corrected chi connectivity index (χ2v) is 5.63. The summed E-state index contributed by atoms with van der Waals surface area (Å²) in [5.41, 5.74) is 0.599. The van der Waals surface area contributed by atoms with E-state index in [1.165, 1.54) is 6.07 Å². The van der Waals surface area contributed by atoms with Gasteiger partial charge in [-0.25, -0.2) is 0 Å². The molecular weight excluding hydrogens is 292 g/mol. The molecular formula is C14H16N2O4S. The van der Waals surface area contributed by atoms with Crippen molar-refractivity contribution in [1.82, 2.24) is 9.55 Å². The smallest absolute Gasteiger partial charge is 0.313 e. The Morgan fingerprint density at radius 1 is 1.52 bits per heavy atom. The van der Waals surface area contributed by atoms with Gasteiger partial charge in [-0.05, 0) is 26.8 Å². The third kappa shape index (κ3) is 3.55. The fourth-order valence-corrected chi connectivity index (χ4v) is 2.92. The number of thioether (sulfide) groups is 1. The minimum atomic E-state index is -0.951. The van der Waals surface area contributed by atoms with Crippen LogP contribution in [-0.2, 0) is 4.79 Å². The summed E-state index contributed by atoms with van der Waals surface area (Å²) in [6, 6.07) is 3.19. The molecule has 112 valence electrons. The Bertz CT molecular complexity index is 720. The second-order valence-electron chi connectivity index (χ2n) is 4.68. The first-order valence-electron chi connectivity index (χ1n) is 6.39. The van der Waals surface area contributed by atoms with Gasteiger partial charge in [0.15, 0.2) is 5.16 Å². The van der Waals surface area contributed by atoms with Crippen LogP contribution < -0.4 is 5.56 Å².